The summed E-state index contributed by atoms with van der Waals surface area (Å²) in [5.74, 6) is -1.97. The fourth-order valence-electron chi connectivity index (χ4n) is 1.24. The van der Waals surface area contributed by atoms with Gasteiger partial charge in [0.1, 0.15) is 4.99 Å². The maximum atomic E-state index is 13.6. The van der Waals surface area contributed by atoms with Crippen molar-refractivity contribution in [3.05, 3.63) is 29.3 Å². The zero-order chi connectivity index (χ0) is 12.5. The highest BCUT2D eigenvalue weighted by atomic mass is 32.1. The number of benzene rings is 1. The fourth-order valence-corrected chi connectivity index (χ4v) is 1.40. The van der Waals surface area contributed by atoms with E-state index in [1.807, 2.05) is 20.8 Å². The Kier molecular flexibility index (Phi) is 3.48. The third-order valence-corrected chi connectivity index (χ3v) is 2.08. The Morgan fingerprint density at radius 2 is 1.81 bits per heavy atom. The molecule has 0 aliphatic carbocycles. The monoisotopic (exact) mass is 244 g/mol. The van der Waals surface area contributed by atoms with Crippen LogP contribution in [0.4, 0.5) is 14.5 Å². The van der Waals surface area contributed by atoms with Gasteiger partial charge < -0.3 is 11.1 Å². The van der Waals surface area contributed by atoms with E-state index in [4.69, 9.17) is 5.73 Å². The summed E-state index contributed by atoms with van der Waals surface area (Å²) in [5, 5.41) is 2.86. The molecule has 0 spiro atoms. The van der Waals surface area contributed by atoms with Crippen molar-refractivity contribution in [3.8, 4) is 0 Å². The molecule has 0 atom stereocenters. The van der Waals surface area contributed by atoms with Gasteiger partial charge in [-0.25, -0.2) is 8.78 Å². The summed E-state index contributed by atoms with van der Waals surface area (Å²) in [7, 11) is 0. The van der Waals surface area contributed by atoms with E-state index < -0.39 is 11.6 Å². The Morgan fingerprint density at radius 1 is 1.25 bits per heavy atom. The van der Waals surface area contributed by atoms with Crippen molar-refractivity contribution in [1.29, 1.82) is 0 Å². The van der Waals surface area contributed by atoms with Crippen LogP contribution in [0.1, 0.15) is 26.3 Å². The smallest absolute Gasteiger partial charge is 0.182 e. The molecule has 3 N–H and O–H groups in total. The van der Waals surface area contributed by atoms with E-state index in [9.17, 15) is 8.78 Å². The summed E-state index contributed by atoms with van der Waals surface area (Å²) >= 11 is 4.61. The van der Waals surface area contributed by atoms with Crippen molar-refractivity contribution in [2.45, 2.75) is 26.3 Å². The molecule has 0 radical (unpaired) electrons. The average molecular weight is 244 g/mol. The largest absolute Gasteiger partial charge is 0.389 e. The maximum absolute atomic E-state index is 13.6. The van der Waals surface area contributed by atoms with Crippen LogP contribution in [0.3, 0.4) is 0 Å². The molecular weight excluding hydrogens is 230 g/mol. The molecule has 1 aromatic carbocycles. The molecule has 0 aromatic heterocycles. The molecule has 5 heteroatoms. The van der Waals surface area contributed by atoms with Crippen LogP contribution in [0.5, 0.6) is 0 Å². The molecule has 0 unspecified atom stereocenters. The van der Waals surface area contributed by atoms with Gasteiger partial charge in [0.05, 0.1) is 5.69 Å². The SMILES string of the molecule is CC(C)(C)Nc1ccc(C(N)=S)c(F)c1F. The van der Waals surface area contributed by atoms with Gasteiger partial charge >= 0.3 is 0 Å². The Bertz CT molecular complexity index is 425. The van der Waals surface area contributed by atoms with Crippen molar-refractivity contribution < 1.29 is 8.78 Å². The van der Waals surface area contributed by atoms with Gasteiger partial charge in [0.2, 0.25) is 0 Å². The van der Waals surface area contributed by atoms with E-state index in [2.05, 4.69) is 17.5 Å². The van der Waals surface area contributed by atoms with Gasteiger partial charge in [0.15, 0.2) is 11.6 Å². The Hall–Kier alpha value is -1.23. The molecule has 0 saturated carbocycles. The van der Waals surface area contributed by atoms with Crippen molar-refractivity contribution in [2.24, 2.45) is 5.73 Å². The lowest BCUT2D eigenvalue weighted by Gasteiger charge is -2.22. The topological polar surface area (TPSA) is 38.0 Å². The molecule has 0 saturated heterocycles. The van der Waals surface area contributed by atoms with E-state index in [1.165, 1.54) is 12.1 Å². The van der Waals surface area contributed by atoms with Crippen LogP contribution in [-0.4, -0.2) is 10.5 Å². The third kappa shape index (κ3) is 2.88. The Morgan fingerprint density at radius 3 is 2.25 bits per heavy atom. The highest BCUT2D eigenvalue weighted by Crippen LogP contribution is 2.23. The van der Waals surface area contributed by atoms with Gasteiger partial charge in [-0.15, -0.1) is 0 Å². The first-order chi connectivity index (χ1) is 7.22. The number of thiocarbonyl (C=S) groups is 1. The molecule has 0 heterocycles. The van der Waals surface area contributed by atoms with E-state index in [0.717, 1.165) is 0 Å². The van der Waals surface area contributed by atoms with Crippen LogP contribution < -0.4 is 11.1 Å². The summed E-state index contributed by atoms with van der Waals surface area (Å²) in [4.78, 5) is -0.154. The Labute approximate surface area is 98.8 Å². The molecule has 0 aliphatic rings. The summed E-state index contributed by atoms with van der Waals surface area (Å²) in [6.45, 7) is 5.56. The molecular formula is C11H14F2N2S. The van der Waals surface area contributed by atoms with E-state index >= 15 is 0 Å². The molecule has 0 bridgehead atoms. The highest BCUT2D eigenvalue weighted by molar-refractivity contribution is 7.80. The van der Waals surface area contributed by atoms with Gasteiger partial charge in [-0.1, -0.05) is 12.2 Å². The number of nitrogens with one attached hydrogen (secondary N) is 1. The molecule has 1 rings (SSSR count). The summed E-state index contributed by atoms with van der Waals surface area (Å²) < 4.78 is 27.1. The molecule has 16 heavy (non-hydrogen) atoms. The van der Waals surface area contributed by atoms with Crippen molar-refractivity contribution >= 4 is 22.9 Å². The van der Waals surface area contributed by atoms with Crippen molar-refractivity contribution in [2.75, 3.05) is 5.32 Å². The predicted octanol–water partition coefficient (Wildman–Crippen LogP) is 2.81. The number of hydrogen-bond donors (Lipinski definition) is 2. The fraction of sp³-hybridized carbons (Fsp3) is 0.364. The standard InChI is InChI=1S/C11H14F2N2S/c1-11(2,3)15-7-5-4-6(10(14)16)8(12)9(7)13/h4-5,15H,1-3H3,(H2,14,16). The van der Waals surface area contributed by atoms with Gasteiger partial charge in [0.25, 0.3) is 0 Å². The van der Waals surface area contributed by atoms with Crippen LogP contribution in [0, 0.1) is 11.6 Å². The van der Waals surface area contributed by atoms with Crippen LogP contribution in [-0.2, 0) is 0 Å². The molecule has 1 aromatic rings. The highest BCUT2D eigenvalue weighted by Gasteiger charge is 2.18. The van der Waals surface area contributed by atoms with Crippen LogP contribution in [0.2, 0.25) is 0 Å². The summed E-state index contributed by atoms with van der Waals surface area (Å²) in [6.07, 6.45) is 0. The zero-order valence-electron chi connectivity index (χ0n) is 9.40. The van der Waals surface area contributed by atoms with Crippen LogP contribution >= 0.6 is 12.2 Å². The number of halogens is 2. The first-order valence-electron chi connectivity index (χ1n) is 4.78. The van der Waals surface area contributed by atoms with Gasteiger partial charge in [-0.3, -0.25) is 0 Å². The van der Waals surface area contributed by atoms with Gasteiger partial charge in [-0.05, 0) is 32.9 Å². The van der Waals surface area contributed by atoms with Gasteiger partial charge in [0, 0.05) is 11.1 Å². The van der Waals surface area contributed by atoms with Crippen LogP contribution in [0.25, 0.3) is 0 Å². The van der Waals surface area contributed by atoms with Crippen molar-refractivity contribution in [3.63, 3.8) is 0 Å². The molecule has 0 amide bonds. The zero-order valence-corrected chi connectivity index (χ0v) is 10.2. The molecule has 0 aliphatic heterocycles. The molecule has 88 valence electrons. The van der Waals surface area contributed by atoms with E-state index in [-0.39, 0.29) is 21.8 Å². The second-order valence-corrected chi connectivity index (χ2v) is 4.97. The quantitative estimate of drug-likeness (QED) is 0.786. The lowest BCUT2D eigenvalue weighted by atomic mass is 10.1. The first-order valence-corrected chi connectivity index (χ1v) is 5.19. The normalized spacial score (nSPS) is 11.3. The van der Waals surface area contributed by atoms with Gasteiger partial charge in [-0.2, -0.15) is 0 Å². The number of anilines is 1. The molecule has 0 fully saturated rings. The Balaban J connectivity index is 3.17. The second-order valence-electron chi connectivity index (χ2n) is 4.53. The first kappa shape index (κ1) is 12.8. The molecule has 2 nitrogen and oxygen atoms in total. The van der Waals surface area contributed by atoms with E-state index in [1.54, 1.807) is 0 Å². The minimum Gasteiger partial charge on any atom is -0.389 e. The van der Waals surface area contributed by atoms with Crippen molar-refractivity contribution in [1.82, 2.24) is 0 Å². The lowest BCUT2D eigenvalue weighted by Crippen LogP contribution is -2.27. The number of rotatable bonds is 2. The second kappa shape index (κ2) is 4.33. The predicted molar refractivity (Wildman–Crippen MR) is 65.6 cm³/mol. The average Bonchev–Trinajstić information content (AvgIpc) is 2.10. The third-order valence-electron chi connectivity index (χ3n) is 1.86. The van der Waals surface area contributed by atoms with Crippen LogP contribution in [0.15, 0.2) is 12.1 Å². The maximum Gasteiger partial charge on any atom is 0.182 e. The summed E-state index contributed by atoms with van der Waals surface area (Å²) in [5.41, 5.74) is 4.94. The summed E-state index contributed by atoms with van der Waals surface area (Å²) in [6, 6.07) is 2.80. The number of nitrogens with two attached hydrogens (primary N) is 1. The lowest BCUT2D eigenvalue weighted by molar-refractivity contribution is 0.505. The number of hydrogen-bond acceptors (Lipinski definition) is 2. The minimum atomic E-state index is -1.01. The minimum absolute atomic E-state index is 0.0769. The van der Waals surface area contributed by atoms with E-state index in [0.29, 0.717) is 0 Å².